The largest absolute Gasteiger partial charge is 0.494 e. The smallest absolute Gasteiger partial charge is 0.264 e. The third-order valence-corrected chi connectivity index (χ3v) is 12.2. The molecule has 0 spiro atoms. The van der Waals surface area contributed by atoms with Crippen LogP contribution in [0.2, 0.25) is 0 Å². The van der Waals surface area contributed by atoms with Gasteiger partial charge < -0.3 is 29.8 Å². The Kier molecular flexibility index (Phi) is 8.48. The number of hydrogen-bond donors (Lipinski definition) is 2. The van der Waals surface area contributed by atoms with E-state index in [1.807, 2.05) is 36.1 Å². The first-order valence-corrected chi connectivity index (χ1v) is 19.3. The molecule has 3 N–H and O–H groups in total. The van der Waals surface area contributed by atoms with Crippen molar-refractivity contribution in [1.29, 1.82) is 0 Å². The summed E-state index contributed by atoms with van der Waals surface area (Å²) in [4.78, 5) is 44.3. The summed E-state index contributed by atoms with van der Waals surface area (Å²) in [6.07, 6.45) is 9.72. The first-order valence-electron chi connectivity index (χ1n) is 19.3. The number of aryl methyl sites for hydroxylation is 1. The molecule has 1 saturated heterocycles. The molecule has 5 aromatic rings. The maximum atomic E-state index is 16.6. The summed E-state index contributed by atoms with van der Waals surface area (Å²) in [5, 5.41) is 3.88. The number of amides is 2. The van der Waals surface area contributed by atoms with Crippen molar-refractivity contribution in [2.45, 2.75) is 108 Å². The van der Waals surface area contributed by atoms with Gasteiger partial charge in [0.1, 0.15) is 16.9 Å². The van der Waals surface area contributed by atoms with E-state index in [9.17, 15) is 9.59 Å². The number of fused-ring (bicyclic) bond motifs is 4. The number of carbonyl (C=O) groups excluding carboxylic acids is 2. The number of methoxy groups -OCH3 is 1. The normalized spacial score (nSPS) is 26.6. The van der Waals surface area contributed by atoms with Crippen molar-refractivity contribution in [1.82, 2.24) is 34.3 Å². The van der Waals surface area contributed by atoms with Crippen molar-refractivity contribution in [3.05, 3.63) is 71.7 Å². The van der Waals surface area contributed by atoms with Crippen molar-refractivity contribution in [3.8, 4) is 17.3 Å². The number of piperidine rings is 1. The molecule has 1 aromatic carbocycles. The Morgan fingerprint density at radius 3 is 2.64 bits per heavy atom. The van der Waals surface area contributed by atoms with Crippen LogP contribution in [0.4, 0.5) is 4.39 Å². The molecule has 2 amide bonds. The quantitative estimate of drug-likeness (QED) is 0.206. The van der Waals surface area contributed by atoms with E-state index in [-0.39, 0.29) is 36.1 Å². The molecule has 4 aliphatic rings. The van der Waals surface area contributed by atoms with E-state index in [2.05, 4.69) is 25.5 Å². The van der Waals surface area contributed by atoms with Crippen LogP contribution >= 0.6 is 0 Å². The average molecular weight is 719 g/mol. The number of aromatic nitrogens is 5. The highest BCUT2D eigenvalue weighted by Crippen LogP contribution is 2.45. The molecule has 2 saturated carbocycles. The maximum Gasteiger partial charge on any atom is 0.264 e. The molecule has 9 rings (SSSR count). The van der Waals surface area contributed by atoms with Crippen LogP contribution < -0.4 is 15.8 Å². The molecular weight excluding hydrogens is 672 g/mol. The Bertz CT molecular complexity index is 2210. The third-order valence-electron chi connectivity index (χ3n) is 12.2. The average Bonchev–Trinajstić information content (AvgIpc) is 3.64. The van der Waals surface area contributed by atoms with E-state index in [0.717, 1.165) is 85.0 Å². The van der Waals surface area contributed by atoms with Crippen LogP contribution in [0.25, 0.3) is 33.6 Å². The van der Waals surface area contributed by atoms with Gasteiger partial charge >= 0.3 is 0 Å². The molecular formula is C41H47FN8O3. The molecule has 3 fully saturated rings. The van der Waals surface area contributed by atoms with Gasteiger partial charge in [-0.15, -0.1) is 0 Å². The highest BCUT2D eigenvalue weighted by Gasteiger charge is 2.43. The van der Waals surface area contributed by atoms with E-state index in [4.69, 9.17) is 20.4 Å². The second-order valence-electron chi connectivity index (χ2n) is 15.6. The number of halogens is 1. The van der Waals surface area contributed by atoms with Gasteiger partial charge in [-0.2, -0.15) is 0 Å². The van der Waals surface area contributed by atoms with Crippen molar-refractivity contribution >= 4 is 33.9 Å². The van der Waals surface area contributed by atoms with Gasteiger partial charge in [-0.3, -0.25) is 14.6 Å². The molecule has 2 aliphatic carbocycles. The second kappa shape index (κ2) is 13.2. The lowest BCUT2D eigenvalue weighted by Gasteiger charge is -2.37. The van der Waals surface area contributed by atoms with Crippen molar-refractivity contribution < 1.29 is 18.7 Å². The number of ether oxygens (including phenoxy) is 1. The number of nitrogens with one attached hydrogen (secondary N) is 1. The predicted octanol–water partition coefficient (Wildman–Crippen LogP) is 6.75. The molecule has 276 valence electrons. The Morgan fingerprint density at radius 1 is 1.02 bits per heavy atom. The molecule has 0 radical (unpaired) electrons. The van der Waals surface area contributed by atoms with Gasteiger partial charge in [0, 0.05) is 48.4 Å². The van der Waals surface area contributed by atoms with E-state index < -0.39 is 17.6 Å². The van der Waals surface area contributed by atoms with Gasteiger partial charge in [0.25, 0.3) is 11.8 Å². The SMILES string of the molecule is COc1cc(C(=O)N2C[C@H](N)[C@H]3CC[C@@H]2C3)cc2nc(-c3cc4ccc5nc4n3CCCCCC[C@@](F)(c3ccccn3)C(=O)N[C@@H]5C)n(C3CC3)c12. The standard InChI is InChI=1S/C41H47FN8O3/c1-24-31-15-11-26-21-33(48(37(26)46-31)18-8-4-3-6-16-41(42,40(52)45-24)35-9-5-7-17-44-35)38-47-32-20-27(22-34(53-2)36(32)50(38)28-13-14-28)39(51)49-23-30(43)25-10-12-29(49)19-25/h5,7,9,11,15,17,20-22,24-25,28-30H,3-4,6,8,10,12-14,16,18-19,23,43H2,1-2H3,(H,45,52)/t24-,25+,29-,30+,41-/m1/s1. The lowest BCUT2D eigenvalue weighted by atomic mass is 9.92. The Labute approximate surface area is 308 Å². The van der Waals surface area contributed by atoms with E-state index in [0.29, 0.717) is 42.4 Å². The first kappa shape index (κ1) is 34.0. The van der Waals surface area contributed by atoms with Crippen molar-refractivity contribution in [2.75, 3.05) is 13.7 Å². The summed E-state index contributed by atoms with van der Waals surface area (Å²) in [5.41, 5.74) is 8.98. The van der Waals surface area contributed by atoms with Crippen LogP contribution in [0.5, 0.6) is 5.75 Å². The lowest BCUT2D eigenvalue weighted by Crippen LogP contribution is -2.51. The number of nitrogens with two attached hydrogens (primary N) is 1. The fourth-order valence-electron chi connectivity index (χ4n) is 9.07. The summed E-state index contributed by atoms with van der Waals surface area (Å²) < 4.78 is 27.2. The Hall–Kier alpha value is -4.84. The van der Waals surface area contributed by atoms with Gasteiger partial charge in [-0.25, -0.2) is 14.4 Å². The minimum absolute atomic E-state index is 0.00554. The van der Waals surface area contributed by atoms with Crippen LogP contribution in [0.1, 0.15) is 105 Å². The zero-order valence-corrected chi connectivity index (χ0v) is 30.4. The minimum Gasteiger partial charge on any atom is -0.494 e. The summed E-state index contributed by atoms with van der Waals surface area (Å²) in [6.45, 7) is 3.11. The van der Waals surface area contributed by atoms with Gasteiger partial charge in [0.15, 0.2) is 5.82 Å². The van der Waals surface area contributed by atoms with E-state index >= 15 is 4.39 Å². The zero-order chi connectivity index (χ0) is 36.4. The number of alkyl halides is 1. The van der Waals surface area contributed by atoms with Gasteiger partial charge in [-0.1, -0.05) is 18.9 Å². The third kappa shape index (κ3) is 5.86. The summed E-state index contributed by atoms with van der Waals surface area (Å²) in [6, 6.07) is 14.9. The Balaban J connectivity index is 1.12. The molecule has 2 aliphatic heterocycles. The minimum atomic E-state index is -2.23. The van der Waals surface area contributed by atoms with Gasteiger partial charge in [0.2, 0.25) is 5.67 Å². The molecule has 0 unspecified atom stereocenters. The van der Waals surface area contributed by atoms with Crippen molar-refractivity contribution in [2.24, 2.45) is 11.7 Å². The molecule has 11 nitrogen and oxygen atoms in total. The highest BCUT2D eigenvalue weighted by atomic mass is 19.1. The molecule has 53 heavy (non-hydrogen) atoms. The fraction of sp³-hybridized carbons (Fsp3) is 0.488. The molecule has 12 heteroatoms. The number of imidazole rings is 1. The number of carbonyl (C=O) groups is 2. The highest BCUT2D eigenvalue weighted by molar-refractivity contribution is 6.00. The number of rotatable bonds is 5. The van der Waals surface area contributed by atoms with Crippen LogP contribution in [-0.2, 0) is 17.0 Å². The van der Waals surface area contributed by atoms with Crippen LogP contribution in [-0.4, -0.2) is 66.5 Å². The van der Waals surface area contributed by atoms with Gasteiger partial charge in [-0.05, 0) is 107 Å². The zero-order valence-electron chi connectivity index (χ0n) is 30.4. The maximum absolute atomic E-state index is 16.6. The van der Waals surface area contributed by atoms with E-state index in [1.54, 1.807) is 25.3 Å². The van der Waals surface area contributed by atoms with E-state index in [1.165, 1.54) is 6.20 Å². The number of hydrogen-bond acceptors (Lipinski definition) is 7. The summed E-state index contributed by atoms with van der Waals surface area (Å²) >= 11 is 0. The number of nitrogens with zero attached hydrogens (tertiary/aromatic N) is 6. The molecule has 5 atom stereocenters. The van der Waals surface area contributed by atoms with Crippen molar-refractivity contribution in [3.63, 3.8) is 0 Å². The number of likely N-dealkylation sites (tertiary alicyclic amines) is 1. The Morgan fingerprint density at radius 2 is 1.85 bits per heavy atom. The summed E-state index contributed by atoms with van der Waals surface area (Å²) in [5.74, 6) is 1.25. The molecule has 6 heterocycles. The van der Waals surface area contributed by atoms with Gasteiger partial charge in [0.05, 0.1) is 35.8 Å². The second-order valence-corrected chi connectivity index (χ2v) is 15.6. The fourth-order valence-corrected chi connectivity index (χ4v) is 9.07. The van der Waals surface area contributed by atoms with Crippen LogP contribution in [0.15, 0.2) is 54.7 Å². The predicted molar refractivity (Wildman–Crippen MR) is 200 cm³/mol. The topological polar surface area (TPSA) is 133 Å². The van der Waals surface area contributed by atoms with Crippen LogP contribution in [0, 0.1) is 5.92 Å². The monoisotopic (exact) mass is 718 g/mol. The summed E-state index contributed by atoms with van der Waals surface area (Å²) in [7, 11) is 1.66. The molecule has 4 aromatic heterocycles. The van der Waals surface area contributed by atoms with Crippen LogP contribution in [0.3, 0.4) is 0 Å². The first-order chi connectivity index (χ1) is 25.7. The number of pyridine rings is 2. The lowest BCUT2D eigenvalue weighted by molar-refractivity contribution is -0.135. The number of benzene rings is 1. The molecule has 4 bridgehead atoms.